The van der Waals surface area contributed by atoms with E-state index in [2.05, 4.69) is 18.5 Å². The highest BCUT2D eigenvalue weighted by molar-refractivity contribution is 7.98. The zero-order valence-electron chi connectivity index (χ0n) is 10.4. The van der Waals surface area contributed by atoms with Crippen LogP contribution in [0.1, 0.15) is 51.9 Å². The van der Waals surface area contributed by atoms with Gasteiger partial charge in [-0.1, -0.05) is 26.2 Å². The summed E-state index contributed by atoms with van der Waals surface area (Å²) >= 11 is 1.99. The van der Waals surface area contributed by atoms with Crippen molar-refractivity contribution in [2.24, 2.45) is 5.92 Å². The quantitative estimate of drug-likeness (QED) is 0.551. The Labute approximate surface area is 99.8 Å². The highest BCUT2D eigenvalue weighted by Crippen LogP contribution is 2.27. The summed E-state index contributed by atoms with van der Waals surface area (Å²) in [5.74, 6) is 2.35. The summed E-state index contributed by atoms with van der Waals surface area (Å²) in [6, 6.07) is 0.816. The van der Waals surface area contributed by atoms with Crippen LogP contribution in [0, 0.1) is 5.92 Å². The van der Waals surface area contributed by atoms with Gasteiger partial charge in [-0.05, 0) is 50.2 Å². The van der Waals surface area contributed by atoms with Crippen LogP contribution in [0.4, 0.5) is 0 Å². The lowest BCUT2D eigenvalue weighted by molar-refractivity contribution is 0.370. The van der Waals surface area contributed by atoms with Gasteiger partial charge in [-0.25, -0.2) is 0 Å². The molecule has 0 radical (unpaired) electrons. The lowest BCUT2D eigenvalue weighted by atomic mass is 9.93. The second kappa shape index (κ2) is 8.46. The Kier molecular flexibility index (Phi) is 7.54. The summed E-state index contributed by atoms with van der Waals surface area (Å²) in [6.07, 6.45) is 12.3. The van der Waals surface area contributed by atoms with Crippen LogP contribution in [0.15, 0.2) is 0 Å². The molecule has 15 heavy (non-hydrogen) atoms. The summed E-state index contributed by atoms with van der Waals surface area (Å²) in [4.78, 5) is 0. The molecule has 0 aromatic carbocycles. The fourth-order valence-corrected chi connectivity index (χ4v) is 3.17. The van der Waals surface area contributed by atoms with E-state index in [1.165, 1.54) is 50.7 Å². The predicted octanol–water partition coefficient (Wildman–Crippen LogP) is 3.69. The van der Waals surface area contributed by atoms with Crippen LogP contribution in [0.5, 0.6) is 0 Å². The molecule has 0 saturated heterocycles. The molecule has 1 N–H and O–H groups in total. The Morgan fingerprint density at radius 2 is 2.07 bits per heavy atom. The van der Waals surface area contributed by atoms with Gasteiger partial charge in [-0.15, -0.1) is 0 Å². The standard InChI is InChI=1S/C13H27NS/c1-3-14-13-9-5-4-7-12(11-13)8-6-10-15-2/h12-14H,3-11H2,1-2H3. The molecule has 1 aliphatic carbocycles. The van der Waals surface area contributed by atoms with Crippen molar-refractivity contribution < 1.29 is 0 Å². The van der Waals surface area contributed by atoms with E-state index in [1.54, 1.807) is 0 Å². The number of rotatable bonds is 6. The lowest BCUT2D eigenvalue weighted by Crippen LogP contribution is -2.29. The van der Waals surface area contributed by atoms with Crippen molar-refractivity contribution in [1.82, 2.24) is 5.32 Å². The maximum absolute atomic E-state index is 3.64. The van der Waals surface area contributed by atoms with Gasteiger partial charge in [0, 0.05) is 6.04 Å². The summed E-state index contributed by atoms with van der Waals surface area (Å²) in [6.45, 7) is 3.37. The third-order valence-electron chi connectivity index (χ3n) is 3.49. The van der Waals surface area contributed by atoms with Gasteiger partial charge in [0.1, 0.15) is 0 Å². The van der Waals surface area contributed by atoms with Crippen LogP contribution in [-0.4, -0.2) is 24.6 Å². The van der Waals surface area contributed by atoms with Gasteiger partial charge in [0.05, 0.1) is 0 Å². The largest absolute Gasteiger partial charge is 0.314 e. The molecule has 2 unspecified atom stereocenters. The molecular weight excluding hydrogens is 202 g/mol. The molecule has 0 heterocycles. The smallest absolute Gasteiger partial charge is 0.00695 e. The van der Waals surface area contributed by atoms with Crippen LogP contribution in [0.25, 0.3) is 0 Å². The number of thioether (sulfide) groups is 1. The molecule has 0 bridgehead atoms. The van der Waals surface area contributed by atoms with Crippen LogP contribution in [-0.2, 0) is 0 Å². The number of nitrogens with one attached hydrogen (secondary N) is 1. The van der Waals surface area contributed by atoms with E-state index in [9.17, 15) is 0 Å². The van der Waals surface area contributed by atoms with Crippen molar-refractivity contribution in [2.45, 2.75) is 57.9 Å². The first-order valence-corrected chi connectivity index (χ1v) is 7.98. The van der Waals surface area contributed by atoms with Crippen LogP contribution in [0.2, 0.25) is 0 Å². The topological polar surface area (TPSA) is 12.0 Å². The van der Waals surface area contributed by atoms with Crippen molar-refractivity contribution in [1.29, 1.82) is 0 Å². The Balaban J connectivity index is 2.22. The molecule has 0 aromatic rings. The number of hydrogen-bond acceptors (Lipinski definition) is 2. The van der Waals surface area contributed by atoms with Crippen molar-refractivity contribution in [3.8, 4) is 0 Å². The second-order valence-corrected chi connectivity index (χ2v) is 5.76. The Hall–Kier alpha value is 0.310. The minimum Gasteiger partial charge on any atom is -0.314 e. The zero-order valence-corrected chi connectivity index (χ0v) is 11.2. The lowest BCUT2D eigenvalue weighted by Gasteiger charge is -2.20. The molecular formula is C13H27NS. The van der Waals surface area contributed by atoms with Crippen LogP contribution < -0.4 is 5.32 Å². The van der Waals surface area contributed by atoms with Gasteiger partial charge in [0.2, 0.25) is 0 Å². The predicted molar refractivity (Wildman–Crippen MR) is 71.7 cm³/mol. The van der Waals surface area contributed by atoms with Gasteiger partial charge in [-0.2, -0.15) is 11.8 Å². The summed E-state index contributed by atoms with van der Waals surface area (Å²) in [5.41, 5.74) is 0. The maximum atomic E-state index is 3.64. The fraction of sp³-hybridized carbons (Fsp3) is 1.00. The maximum Gasteiger partial charge on any atom is 0.00695 e. The molecule has 2 heteroatoms. The highest BCUT2D eigenvalue weighted by Gasteiger charge is 2.18. The van der Waals surface area contributed by atoms with E-state index in [-0.39, 0.29) is 0 Å². The Morgan fingerprint density at radius 1 is 1.27 bits per heavy atom. The first-order chi connectivity index (χ1) is 7.36. The van der Waals surface area contributed by atoms with Crippen molar-refractivity contribution in [3.63, 3.8) is 0 Å². The van der Waals surface area contributed by atoms with Gasteiger partial charge in [0.25, 0.3) is 0 Å². The van der Waals surface area contributed by atoms with Gasteiger partial charge >= 0.3 is 0 Å². The van der Waals surface area contributed by atoms with E-state index in [0.29, 0.717) is 0 Å². The average Bonchev–Trinajstić information content (AvgIpc) is 2.45. The molecule has 0 aromatic heterocycles. The summed E-state index contributed by atoms with van der Waals surface area (Å²) < 4.78 is 0. The molecule has 1 rings (SSSR count). The van der Waals surface area contributed by atoms with Crippen LogP contribution in [0.3, 0.4) is 0 Å². The van der Waals surface area contributed by atoms with Crippen molar-refractivity contribution >= 4 is 11.8 Å². The minimum absolute atomic E-state index is 0.816. The van der Waals surface area contributed by atoms with Crippen molar-refractivity contribution in [3.05, 3.63) is 0 Å². The zero-order chi connectivity index (χ0) is 10.9. The molecule has 0 amide bonds. The molecule has 1 fully saturated rings. The van der Waals surface area contributed by atoms with Crippen LogP contribution >= 0.6 is 11.8 Å². The molecule has 0 aliphatic heterocycles. The SMILES string of the molecule is CCNC1CCCCC(CCCSC)C1. The van der Waals surface area contributed by atoms with E-state index >= 15 is 0 Å². The fourth-order valence-electron chi connectivity index (χ4n) is 2.71. The molecule has 1 nitrogen and oxygen atoms in total. The Morgan fingerprint density at radius 3 is 2.80 bits per heavy atom. The molecule has 2 atom stereocenters. The Bertz CT molecular complexity index is 149. The van der Waals surface area contributed by atoms with E-state index in [0.717, 1.165) is 18.5 Å². The first kappa shape index (κ1) is 13.4. The first-order valence-electron chi connectivity index (χ1n) is 6.59. The third kappa shape index (κ3) is 5.82. The molecule has 0 spiro atoms. The average molecular weight is 229 g/mol. The van der Waals surface area contributed by atoms with Gasteiger partial charge in [-0.3, -0.25) is 0 Å². The third-order valence-corrected chi connectivity index (χ3v) is 4.18. The normalized spacial score (nSPS) is 27.6. The van der Waals surface area contributed by atoms with Gasteiger partial charge in [0.15, 0.2) is 0 Å². The molecule has 1 aliphatic rings. The monoisotopic (exact) mass is 229 g/mol. The summed E-state index contributed by atoms with van der Waals surface area (Å²) in [5, 5.41) is 3.64. The van der Waals surface area contributed by atoms with E-state index in [4.69, 9.17) is 0 Å². The summed E-state index contributed by atoms with van der Waals surface area (Å²) in [7, 11) is 0. The van der Waals surface area contributed by atoms with Gasteiger partial charge < -0.3 is 5.32 Å². The molecule has 90 valence electrons. The second-order valence-electron chi connectivity index (χ2n) is 4.78. The van der Waals surface area contributed by atoms with E-state index < -0.39 is 0 Å². The minimum atomic E-state index is 0.816. The van der Waals surface area contributed by atoms with Crippen molar-refractivity contribution in [2.75, 3.05) is 18.6 Å². The van der Waals surface area contributed by atoms with E-state index in [1.807, 2.05) is 11.8 Å². The number of hydrogen-bond donors (Lipinski definition) is 1. The highest BCUT2D eigenvalue weighted by atomic mass is 32.2. The molecule has 1 saturated carbocycles.